The van der Waals surface area contributed by atoms with E-state index in [0.717, 1.165) is 45.2 Å². The summed E-state index contributed by atoms with van der Waals surface area (Å²) in [6, 6.07) is 12.7. The van der Waals surface area contributed by atoms with Crippen molar-refractivity contribution in [3.63, 3.8) is 0 Å². The lowest BCUT2D eigenvalue weighted by Crippen LogP contribution is -2.49. The van der Waals surface area contributed by atoms with Gasteiger partial charge in [0.15, 0.2) is 0 Å². The zero-order chi connectivity index (χ0) is 18.5. The molecule has 2 aromatic rings. The maximum absolute atomic E-state index is 13.4. The van der Waals surface area contributed by atoms with Crippen molar-refractivity contribution in [3.8, 4) is 11.1 Å². The lowest BCUT2D eigenvalue weighted by molar-refractivity contribution is -0.149. The number of benzene rings is 1. The summed E-state index contributed by atoms with van der Waals surface area (Å²) in [5.41, 5.74) is 3.29. The van der Waals surface area contributed by atoms with Crippen LogP contribution in [0.4, 0.5) is 0 Å². The van der Waals surface area contributed by atoms with Crippen LogP contribution in [0.3, 0.4) is 0 Å². The first-order valence-corrected chi connectivity index (χ1v) is 10.1. The number of amides is 1. The van der Waals surface area contributed by atoms with Gasteiger partial charge in [0.2, 0.25) is 5.91 Å². The predicted octanol–water partition coefficient (Wildman–Crippen LogP) is 4.10. The Morgan fingerprint density at radius 3 is 2.22 bits per heavy atom. The van der Waals surface area contributed by atoms with Crippen LogP contribution < -0.4 is 0 Å². The van der Waals surface area contributed by atoms with Crippen LogP contribution in [0.1, 0.15) is 37.7 Å². The lowest BCUT2D eigenvalue weighted by atomic mass is 9.73. The van der Waals surface area contributed by atoms with E-state index in [1.54, 1.807) is 0 Å². The molecule has 2 saturated heterocycles. The van der Waals surface area contributed by atoms with Crippen molar-refractivity contribution >= 4 is 5.91 Å². The van der Waals surface area contributed by atoms with Crippen LogP contribution in [0.25, 0.3) is 11.1 Å². The third kappa shape index (κ3) is 4.06. The van der Waals surface area contributed by atoms with Gasteiger partial charge < -0.3 is 9.64 Å². The lowest BCUT2D eigenvalue weighted by Gasteiger charge is -2.41. The highest BCUT2D eigenvalue weighted by Crippen LogP contribution is 2.37. The van der Waals surface area contributed by atoms with Crippen LogP contribution in [-0.4, -0.2) is 42.1 Å². The third-order valence-corrected chi connectivity index (χ3v) is 6.06. The highest BCUT2D eigenvalue weighted by Gasteiger charge is 2.42. The molecule has 2 aliphatic rings. The Hall–Kier alpha value is -2.20. The molecule has 4 nitrogen and oxygen atoms in total. The second kappa shape index (κ2) is 8.22. The Morgan fingerprint density at radius 2 is 1.56 bits per heavy atom. The van der Waals surface area contributed by atoms with Crippen molar-refractivity contribution < 1.29 is 9.53 Å². The number of nitrogens with zero attached hydrogens (tertiary/aromatic N) is 2. The van der Waals surface area contributed by atoms with Gasteiger partial charge in [-0.25, -0.2) is 0 Å². The summed E-state index contributed by atoms with van der Waals surface area (Å²) < 4.78 is 5.60. The fourth-order valence-corrected chi connectivity index (χ4v) is 4.41. The Bertz CT molecular complexity index is 746. The Morgan fingerprint density at radius 1 is 0.926 bits per heavy atom. The zero-order valence-electron chi connectivity index (χ0n) is 15.9. The fourth-order valence-electron chi connectivity index (χ4n) is 4.41. The van der Waals surface area contributed by atoms with Crippen LogP contribution in [0.15, 0.2) is 48.8 Å². The number of carbonyl (C=O) groups excluding carboxylic acids is 1. The average Bonchev–Trinajstić information content (AvgIpc) is 2.76. The molecule has 0 radical (unpaired) electrons. The quantitative estimate of drug-likeness (QED) is 0.820. The second-order valence-corrected chi connectivity index (χ2v) is 7.86. The summed E-state index contributed by atoms with van der Waals surface area (Å²) in [5.74, 6) is 0.351. The number of piperidine rings is 1. The van der Waals surface area contributed by atoms with E-state index in [1.807, 2.05) is 24.5 Å². The van der Waals surface area contributed by atoms with Gasteiger partial charge in [0, 0.05) is 38.7 Å². The average molecular weight is 364 g/mol. The number of carbonyl (C=O) groups is 1. The molecule has 0 saturated carbocycles. The molecule has 2 fully saturated rings. The van der Waals surface area contributed by atoms with Crippen LogP contribution in [-0.2, 0) is 16.0 Å². The van der Waals surface area contributed by atoms with Gasteiger partial charge in [0.05, 0.1) is 5.41 Å². The number of hydrogen-bond acceptors (Lipinski definition) is 3. The largest absolute Gasteiger partial charge is 0.381 e. The van der Waals surface area contributed by atoms with Gasteiger partial charge in [-0.3, -0.25) is 9.78 Å². The summed E-state index contributed by atoms with van der Waals surface area (Å²) in [5, 5.41) is 0. The van der Waals surface area contributed by atoms with E-state index in [1.165, 1.54) is 23.1 Å². The molecule has 0 unspecified atom stereocenters. The zero-order valence-corrected chi connectivity index (χ0v) is 15.9. The molecule has 0 aliphatic carbocycles. The second-order valence-electron chi connectivity index (χ2n) is 7.86. The van der Waals surface area contributed by atoms with Gasteiger partial charge in [-0.05, 0) is 67.3 Å². The van der Waals surface area contributed by atoms with Crippen molar-refractivity contribution in [1.82, 2.24) is 9.88 Å². The van der Waals surface area contributed by atoms with E-state index in [2.05, 4.69) is 34.1 Å². The van der Waals surface area contributed by atoms with Crippen molar-refractivity contribution in [2.75, 3.05) is 26.3 Å². The van der Waals surface area contributed by atoms with Gasteiger partial charge in [-0.15, -0.1) is 0 Å². The molecular formula is C23H28N2O2. The number of rotatable bonds is 4. The first-order chi connectivity index (χ1) is 13.3. The molecule has 27 heavy (non-hydrogen) atoms. The number of pyridine rings is 1. The van der Waals surface area contributed by atoms with Crippen molar-refractivity contribution in [3.05, 3.63) is 54.4 Å². The topological polar surface area (TPSA) is 42.4 Å². The maximum atomic E-state index is 13.4. The first kappa shape index (κ1) is 18.2. The van der Waals surface area contributed by atoms with Crippen LogP contribution >= 0.6 is 0 Å². The maximum Gasteiger partial charge on any atom is 0.229 e. The number of ether oxygens (including phenoxy) is 1. The predicted molar refractivity (Wildman–Crippen MR) is 106 cm³/mol. The SMILES string of the molecule is O=C(N1CCCCC1)C1(Cc2ccc(-c3ccncc3)cc2)CCOCC1. The smallest absolute Gasteiger partial charge is 0.229 e. The highest BCUT2D eigenvalue weighted by molar-refractivity contribution is 5.83. The monoisotopic (exact) mass is 364 g/mol. The molecule has 0 bridgehead atoms. The van der Waals surface area contributed by atoms with E-state index < -0.39 is 0 Å². The fraction of sp³-hybridized carbons (Fsp3) is 0.478. The molecule has 1 aromatic carbocycles. The Kier molecular flexibility index (Phi) is 5.53. The highest BCUT2D eigenvalue weighted by atomic mass is 16.5. The van der Waals surface area contributed by atoms with Crippen LogP contribution in [0, 0.1) is 5.41 Å². The van der Waals surface area contributed by atoms with Gasteiger partial charge in [-0.2, -0.15) is 0 Å². The molecule has 1 amide bonds. The molecule has 0 atom stereocenters. The van der Waals surface area contributed by atoms with Crippen molar-refractivity contribution in [2.45, 2.75) is 38.5 Å². The van der Waals surface area contributed by atoms with Gasteiger partial charge in [-0.1, -0.05) is 24.3 Å². The first-order valence-electron chi connectivity index (χ1n) is 10.1. The molecule has 4 rings (SSSR count). The van der Waals surface area contributed by atoms with Crippen LogP contribution in [0.5, 0.6) is 0 Å². The number of likely N-dealkylation sites (tertiary alicyclic amines) is 1. The summed E-state index contributed by atoms with van der Waals surface area (Å²) in [7, 11) is 0. The minimum absolute atomic E-state index is 0.298. The molecule has 3 heterocycles. The van der Waals surface area contributed by atoms with E-state index >= 15 is 0 Å². The molecule has 2 aliphatic heterocycles. The van der Waals surface area contributed by atoms with Crippen molar-refractivity contribution in [1.29, 1.82) is 0 Å². The molecule has 0 spiro atoms. The molecule has 142 valence electrons. The van der Waals surface area contributed by atoms with Gasteiger partial charge >= 0.3 is 0 Å². The number of aromatic nitrogens is 1. The molecule has 0 N–H and O–H groups in total. The van der Waals surface area contributed by atoms with E-state index in [0.29, 0.717) is 19.1 Å². The number of hydrogen-bond donors (Lipinski definition) is 0. The third-order valence-electron chi connectivity index (χ3n) is 6.06. The summed E-state index contributed by atoms with van der Waals surface area (Å²) in [6.07, 6.45) is 9.62. The van der Waals surface area contributed by atoms with E-state index in [4.69, 9.17) is 4.74 Å². The molecule has 4 heteroatoms. The minimum atomic E-state index is -0.298. The normalized spacial score (nSPS) is 19.6. The standard InChI is InChI=1S/C23H28N2O2/c26-22(25-14-2-1-3-15-25)23(10-16-27-17-11-23)18-19-4-6-20(7-5-19)21-8-12-24-13-9-21/h4-9,12-13H,1-3,10-11,14-18H2. The summed E-state index contributed by atoms with van der Waals surface area (Å²) >= 11 is 0. The minimum Gasteiger partial charge on any atom is -0.381 e. The van der Waals surface area contributed by atoms with E-state index in [-0.39, 0.29) is 5.41 Å². The Balaban J connectivity index is 1.54. The molecular weight excluding hydrogens is 336 g/mol. The summed E-state index contributed by atoms with van der Waals surface area (Å²) in [6.45, 7) is 3.22. The van der Waals surface area contributed by atoms with E-state index in [9.17, 15) is 4.79 Å². The van der Waals surface area contributed by atoms with Crippen LogP contribution in [0.2, 0.25) is 0 Å². The van der Waals surface area contributed by atoms with Crippen molar-refractivity contribution in [2.24, 2.45) is 5.41 Å². The summed E-state index contributed by atoms with van der Waals surface area (Å²) in [4.78, 5) is 19.6. The van der Waals surface area contributed by atoms with Gasteiger partial charge in [0.25, 0.3) is 0 Å². The van der Waals surface area contributed by atoms with Gasteiger partial charge in [0.1, 0.15) is 0 Å². The Labute approximate surface area is 161 Å². The molecule has 1 aromatic heterocycles.